The second-order valence-electron chi connectivity index (χ2n) is 4.51. The summed E-state index contributed by atoms with van der Waals surface area (Å²) in [5, 5.41) is 11.8. The normalized spacial score (nSPS) is 19.9. The lowest BCUT2D eigenvalue weighted by Crippen LogP contribution is -2.26. The van der Waals surface area contributed by atoms with Gasteiger partial charge in [0.15, 0.2) is 5.75 Å². The summed E-state index contributed by atoms with van der Waals surface area (Å²) in [6.07, 6.45) is 1.60. The first-order valence-electron chi connectivity index (χ1n) is 5.43. The molecule has 5 heteroatoms. The van der Waals surface area contributed by atoms with Crippen LogP contribution >= 0.6 is 0 Å². The van der Waals surface area contributed by atoms with E-state index in [1.54, 1.807) is 12.1 Å². The van der Waals surface area contributed by atoms with Gasteiger partial charge >= 0.3 is 5.97 Å². The number of hydrogen-bond acceptors (Lipinski definition) is 3. The van der Waals surface area contributed by atoms with Crippen molar-refractivity contribution in [3.05, 3.63) is 23.8 Å². The predicted molar refractivity (Wildman–Crippen MR) is 59.2 cm³/mol. The van der Waals surface area contributed by atoms with E-state index in [1.165, 1.54) is 6.07 Å². The van der Waals surface area contributed by atoms with Crippen molar-refractivity contribution in [1.29, 1.82) is 0 Å². The SMILES string of the molecule is O=C(O)c1cccc2c1OCC1(CC1)C(=O)N2. The summed E-state index contributed by atoms with van der Waals surface area (Å²) >= 11 is 0. The molecule has 2 aliphatic rings. The van der Waals surface area contributed by atoms with E-state index >= 15 is 0 Å². The fraction of sp³-hybridized carbons (Fsp3) is 0.333. The van der Waals surface area contributed by atoms with Crippen LogP contribution in [-0.2, 0) is 4.79 Å². The summed E-state index contributed by atoms with van der Waals surface area (Å²) in [6.45, 7) is 0.260. The van der Waals surface area contributed by atoms with Gasteiger partial charge in [0, 0.05) is 0 Å². The maximum Gasteiger partial charge on any atom is 0.339 e. The third-order valence-corrected chi connectivity index (χ3v) is 3.32. The maximum absolute atomic E-state index is 11.9. The molecule has 0 radical (unpaired) electrons. The van der Waals surface area contributed by atoms with E-state index in [0.29, 0.717) is 5.69 Å². The Bertz CT molecular complexity index is 519. The number of nitrogens with one attached hydrogen (secondary N) is 1. The van der Waals surface area contributed by atoms with E-state index in [4.69, 9.17) is 9.84 Å². The van der Waals surface area contributed by atoms with Gasteiger partial charge in [0.2, 0.25) is 5.91 Å². The number of amides is 1. The molecule has 1 aliphatic carbocycles. The van der Waals surface area contributed by atoms with Crippen LogP contribution in [0.25, 0.3) is 0 Å². The molecule has 1 fully saturated rings. The van der Waals surface area contributed by atoms with Crippen LogP contribution in [0.5, 0.6) is 5.75 Å². The first kappa shape index (κ1) is 10.1. The van der Waals surface area contributed by atoms with Crippen LogP contribution in [0.15, 0.2) is 18.2 Å². The van der Waals surface area contributed by atoms with Gasteiger partial charge in [-0.25, -0.2) is 4.79 Å². The third kappa shape index (κ3) is 1.46. The van der Waals surface area contributed by atoms with Crippen LogP contribution in [0, 0.1) is 5.41 Å². The number of ether oxygens (including phenoxy) is 1. The molecule has 3 rings (SSSR count). The Labute approximate surface area is 97.4 Å². The number of aromatic carboxylic acids is 1. The van der Waals surface area contributed by atoms with Gasteiger partial charge in [0.05, 0.1) is 11.1 Å². The molecule has 0 aromatic heterocycles. The Morgan fingerprint density at radius 2 is 2.18 bits per heavy atom. The molecule has 1 aromatic rings. The van der Waals surface area contributed by atoms with E-state index in [9.17, 15) is 9.59 Å². The largest absolute Gasteiger partial charge is 0.489 e. The minimum absolute atomic E-state index is 0.0706. The highest BCUT2D eigenvalue weighted by Gasteiger charge is 2.52. The molecule has 1 heterocycles. The minimum Gasteiger partial charge on any atom is -0.489 e. The maximum atomic E-state index is 11.9. The van der Waals surface area contributed by atoms with Crippen molar-refractivity contribution in [3.8, 4) is 5.75 Å². The second-order valence-corrected chi connectivity index (χ2v) is 4.51. The Morgan fingerprint density at radius 3 is 2.82 bits per heavy atom. The lowest BCUT2D eigenvalue weighted by Gasteiger charge is -2.10. The van der Waals surface area contributed by atoms with Crippen molar-refractivity contribution in [2.24, 2.45) is 5.41 Å². The third-order valence-electron chi connectivity index (χ3n) is 3.32. The monoisotopic (exact) mass is 233 g/mol. The van der Waals surface area contributed by atoms with Gasteiger partial charge in [-0.2, -0.15) is 0 Å². The molecule has 17 heavy (non-hydrogen) atoms. The number of hydrogen-bond donors (Lipinski definition) is 2. The summed E-state index contributed by atoms with van der Waals surface area (Å²) < 4.78 is 5.52. The summed E-state index contributed by atoms with van der Waals surface area (Å²) in [5.41, 5.74) is 0.0913. The highest BCUT2D eigenvalue weighted by Crippen LogP contribution is 2.49. The molecule has 0 unspecified atom stereocenters. The quantitative estimate of drug-likeness (QED) is 0.770. The van der Waals surface area contributed by atoms with Crippen molar-refractivity contribution < 1.29 is 19.4 Å². The number of benzene rings is 1. The second kappa shape index (κ2) is 3.23. The van der Waals surface area contributed by atoms with E-state index in [0.717, 1.165) is 12.8 Å². The van der Waals surface area contributed by atoms with Gasteiger partial charge in [-0.15, -0.1) is 0 Å². The number of rotatable bonds is 1. The van der Waals surface area contributed by atoms with Crippen LogP contribution in [0.1, 0.15) is 23.2 Å². The highest BCUT2D eigenvalue weighted by atomic mass is 16.5. The lowest BCUT2D eigenvalue weighted by molar-refractivity contribution is -0.121. The number of carbonyl (C=O) groups excluding carboxylic acids is 1. The standard InChI is InChI=1S/C12H11NO4/c14-10(15)7-2-1-3-8-9(7)17-6-12(4-5-12)11(16)13-8/h1-3H,4-6H2,(H,13,16)(H,14,15). The molecule has 1 amide bonds. The summed E-state index contributed by atoms with van der Waals surface area (Å²) in [7, 11) is 0. The zero-order valence-corrected chi connectivity index (χ0v) is 9.03. The van der Waals surface area contributed by atoms with Gasteiger partial charge in [0.25, 0.3) is 0 Å². The van der Waals surface area contributed by atoms with Crippen molar-refractivity contribution in [1.82, 2.24) is 0 Å². The summed E-state index contributed by atoms with van der Waals surface area (Å²) in [6, 6.07) is 4.72. The number of carboxylic acids is 1. The molecular formula is C12H11NO4. The molecule has 5 nitrogen and oxygen atoms in total. The van der Waals surface area contributed by atoms with E-state index in [-0.39, 0.29) is 23.8 Å². The fourth-order valence-electron chi connectivity index (χ4n) is 2.01. The molecule has 0 saturated heterocycles. The Kier molecular flexibility index (Phi) is 1.92. The molecule has 1 aromatic carbocycles. The fourth-order valence-corrected chi connectivity index (χ4v) is 2.01. The molecule has 2 N–H and O–H groups in total. The van der Waals surface area contributed by atoms with Gasteiger partial charge < -0.3 is 15.2 Å². The van der Waals surface area contributed by atoms with Gasteiger partial charge in [-0.05, 0) is 25.0 Å². The van der Waals surface area contributed by atoms with Gasteiger partial charge in [-0.1, -0.05) is 6.07 Å². The smallest absolute Gasteiger partial charge is 0.339 e. The molecule has 0 atom stereocenters. The number of para-hydroxylation sites is 1. The molecule has 1 aliphatic heterocycles. The van der Waals surface area contributed by atoms with Crippen molar-refractivity contribution in [3.63, 3.8) is 0 Å². The van der Waals surface area contributed by atoms with Crippen LogP contribution in [0.2, 0.25) is 0 Å². The van der Waals surface area contributed by atoms with E-state index in [2.05, 4.69) is 5.32 Å². The lowest BCUT2D eigenvalue weighted by atomic mass is 10.1. The topological polar surface area (TPSA) is 75.6 Å². The molecule has 88 valence electrons. The average Bonchev–Trinajstić information content (AvgIpc) is 3.08. The molecule has 1 saturated carbocycles. The Balaban J connectivity index is 2.06. The molecular weight excluding hydrogens is 222 g/mol. The van der Waals surface area contributed by atoms with E-state index < -0.39 is 11.4 Å². The molecule has 0 bridgehead atoms. The number of carboxylic acid groups (broad SMARTS) is 1. The highest BCUT2D eigenvalue weighted by molar-refractivity contribution is 6.02. The zero-order valence-electron chi connectivity index (χ0n) is 9.03. The molecule has 1 spiro atoms. The van der Waals surface area contributed by atoms with Crippen molar-refractivity contribution in [2.75, 3.05) is 11.9 Å². The first-order valence-corrected chi connectivity index (χ1v) is 5.43. The Morgan fingerprint density at radius 1 is 1.41 bits per heavy atom. The number of carbonyl (C=O) groups is 2. The van der Waals surface area contributed by atoms with E-state index in [1.807, 2.05) is 0 Å². The average molecular weight is 233 g/mol. The van der Waals surface area contributed by atoms with Crippen LogP contribution in [0.4, 0.5) is 5.69 Å². The summed E-state index contributed by atoms with van der Waals surface area (Å²) in [5.74, 6) is -0.862. The zero-order chi connectivity index (χ0) is 12.0. The summed E-state index contributed by atoms with van der Waals surface area (Å²) in [4.78, 5) is 23.0. The Hall–Kier alpha value is -2.04. The van der Waals surface area contributed by atoms with Crippen LogP contribution in [-0.4, -0.2) is 23.6 Å². The predicted octanol–water partition coefficient (Wildman–Crippen LogP) is 1.50. The van der Waals surface area contributed by atoms with Crippen molar-refractivity contribution in [2.45, 2.75) is 12.8 Å². The van der Waals surface area contributed by atoms with Crippen molar-refractivity contribution >= 4 is 17.6 Å². The number of anilines is 1. The number of fused-ring (bicyclic) bond motifs is 1. The van der Waals surface area contributed by atoms with Crippen LogP contribution < -0.4 is 10.1 Å². The minimum atomic E-state index is -1.05. The van der Waals surface area contributed by atoms with Crippen LogP contribution in [0.3, 0.4) is 0 Å². The van der Waals surface area contributed by atoms with Gasteiger partial charge in [0.1, 0.15) is 12.2 Å². The first-order chi connectivity index (χ1) is 8.12. The van der Waals surface area contributed by atoms with Gasteiger partial charge in [-0.3, -0.25) is 4.79 Å².